The molecule has 1 aromatic rings. The number of anilines is 1. The lowest BCUT2D eigenvalue weighted by molar-refractivity contribution is 0.284. The molecule has 0 spiro atoms. The smallest absolute Gasteiger partial charge is 0.149 e. The maximum Gasteiger partial charge on any atom is 0.149 e. The average Bonchev–Trinajstić information content (AvgIpc) is 2.37. The molecule has 0 radical (unpaired) electrons. The number of benzene rings is 1. The summed E-state index contributed by atoms with van der Waals surface area (Å²) in [4.78, 5) is 2.01. The first-order valence-corrected chi connectivity index (χ1v) is 7.32. The molecule has 0 bridgehead atoms. The van der Waals surface area contributed by atoms with E-state index < -0.39 is 11.6 Å². The van der Waals surface area contributed by atoms with Crippen LogP contribution in [0.15, 0.2) is 16.6 Å². The fourth-order valence-electron chi connectivity index (χ4n) is 2.38. The molecule has 1 aliphatic rings. The highest BCUT2D eigenvalue weighted by atomic mass is 79.9. The highest BCUT2D eigenvalue weighted by Crippen LogP contribution is 2.31. The van der Waals surface area contributed by atoms with Crippen molar-refractivity contribution in [2.75, 3.05) is 18.0 Å². The summed E-state index contributed by atoms with van der Waals surface area (Å²) in [5, 5.41) is 3.49. The maximum absolute atomic E-state index is 14.0. The van der Waals surface area contributed by atoms with Crippen molar-refractivity contribution < 1.29 is 8.78 Å². The van der Waals surface area contributed by atoms with Crippen molar-refractivity contribution in [2.24, 2.45) is 0 Å². The molecular weight excluding hydrogens is 314 g/mol. The molecule has 1 saturated heterocycles. The number of rotatable bonds is 2. The van der Waals surface area contributed by atoms with E-state index in [2.05, 4.69) is 35.1 Å². The third-order valence-electron chi connectivity index (χ3n) is 3.96. The summed E-state index contributed by atoms with van der Waals surface area (Å²) >= 11 is 3.13. The molecule has 2 nitrogen and oxygen atoms in total. The van der Waals surface area contributed by atoms with E-state index in [4.69, 9.17) is 0 Å². The number of piperazine rings is 1. The molecule has 0 amide bonds. The van der Waals surface area contributed by atoms with Gasteiger partial charge >= 0.3 is 0 Å². The molecule has 5 heteroatoms. The molecule has 1 heterocycles. The van der Waals surface area contributed by atoms with Crippen molar-refractivity contribution in [3.05, 3.63) is 28.2 Å². The lowest BCUT2D eigenvalue weighted by Gasteiger charge is -2.46. The van der Waals surface area contributed by atoms with E-state index in [1.807, 2.05) is 11.8 Å². The Morgan fingerprint density at radius 1 is 1.42 bits per heavy atom. The van der Waals surface area contributed by atoms with Crippen LogP contribution in [-0.4, -0.2) is 24.7 Å². The second-order valence-corrected chi connectivity index (χ2v) is 6.34. The first-order valence-electron chi connectivity index (χ1n) is 6.52. The molecular formula is C14H19BrF2N2. The quantitative estimate of drug-likeness (QED) is 0.831. The van der Waals surface area contributed by atoms with Gasteiger partial charge in [-0.05, 0) is 42.3 Å². The molecule has 0 saturated carbocycles. The van der Waals surface area contributed by atoms with Crippen LogP contribution in [0.1, 0.15) is 27.2 Å². The van der Waals surface area contributed by atoms with Crippen LogP contribution in [0.3, 0.4) is 0 Å². The minimum absolute atomic E-state index is 0.0419. The van der Waals surface area contributed by atoms with Crippen molar-refractivity contribution in [1.29, 1.82) is 0 Å². The number of hydrogen-bond acceptors (Lipinski definition) is 2. The Kier molecular flexibility index (Phi) is 4.16. The Morgan fingerprint density at radius 3 is 2.74 bits per heavy atom. The summed E-state index contributed by atoms with van der Waals surface area (Å²) in [5.41, 5.74) is 0.418. The summed E-state index contributed by atoms with van der Waals surface area (Å²) in [6.07, 6.45) is 0.959. The van der Waals surface area contributed by atoms with Crippen molar-refractivity contribution in [3.8, 4) is 0 Å². The fourth-order valence-corrected chi connectivity index (χ4v) is 2.71. The molecule has 2 rings (SSSR count). The highest BCUT2D eigenvalue weighted by molar-refractivity contribution is 9.10. The van der Waals surface area contributed by atoms with Crippen LogP contribution in [-0.2, 0) is 0 Å². The predicted molar refractivity (Wildman–Crippen MR) is 77.6 cm³/mol. The van der Waals surface area contributed by atoms with E-state index in [9.17, 15) is 8.78 Å². The van der Waals surface area contributed by atoms with Crippen LogP contribution in [0.25, 0.3) is 0 Å². The number of nitrogens with zero attached hydrogens (tertiary/aromatic N) is 1. The second-order valence-electron chi connectivity index (χ2n) is 5.49. The van der Waals surface area contributed by atoms with E-state index in [1.54, 1.807) is 0 Å². The third kappa shape index (κ3) is 2.92. The Labute approximate surface area is 121 Å². The van der Waals surface area contributed by atoms with Gasteiger partial charge < -0.3 is 10.2 Å². The average molecular weight is 333 g/mol. The van der Waals surface area contributed by atoms with E-state index in [0.717, 1.165) is 19.0 Å². The van der Waals surface area contributed by atoms with Crippen molar-refractivity contribution in [2.45, 2.75) is 38.8 Å². The summed E-state index contributed by atoms with van der Waals surface area (Å²) in [6, 6.07) is 2.64. The van der Waals surface area contributed by atoms with Gasteiger partial charge in [-0.25, -0.2) is 8.78 Å². The lowest BCUT2D eigenvalue weighted by Crippen LogP contribution is -2.62. The van der Waals surface area contributed by atoms with Crippen LogP contribution < -0.4 is 10.2 Å². The summed E-state index contributed by atoms with van der Waals surface area (Å²) in [6.45, 7) is 7.78. The Hall–Kier alpha value is -0.680. The van der Waals surface area contributed by atoms with Gasteiger partial charge in [0.15, 0.2) is 0 Å². The van der Waals surface area contributed by atoms with Crippen LogP contribution in [0.5, 0.6) is 0 Å². The Balaban J connectivity index is 2.36. The van der Waals surface area contributed by atoms with E-state index in [0.29, 0.717) is 16.7 Å². The number of hydrogen-bond donors (Lipinski definition) is 1. The van der Waals surface area contributed by atoms with Gasteiger partial charge in [0.05, 0.1) is 10.2 Å². The van der Waals surface area contributed by atoms with Gasteiger partial charge in [-0.2, -0.15) is 0 Å². The van der Waals surface area contributed by atoms with E-state index in [-0.39, 0.29) is 11.6 Å². The molecule has 1 fully saturated rings. The van der Waals surface area contributed by atoms with E-state index >= 15 is 0 Å². The van der Waals surface area contributed by atoms with Crippen molar-refractivity contribution in [1.82, 2.24) is 5.32 Å². The Morgan fingerprint density at radius 2 is 2.11 bits per heavy atom. The fraction of sp³-hybridized carbons (Fsp3) is 0.571. The summed E-state index contributed by atoms with van der Waals surface area (Å²) in [7, 11) is 0. The SMILES string of the molecule is CCC1(C)CN(c2cc(Br)c(F)cc2F)C(C)CN1. The predicted octanol–water partition coefficient (Wildman–Crippen LogP) is 3.69. The normalized spacial score (nSPS) is 27.7. The van der Waals surface area contributed by atoms with Gasteiger partial charge in [0.1, 0.15) is 11.6 Å². The Bertz CT molecular complexity index is 481. The monoisotopic (exact) mass is 332 g/mol. The maximum atomic E-state index is 14.0. The second kappa shape index (κ2) is 5.37. The zero-order valence-electron chi connectivity index (χ0n) is 11.4. The molecule has 0 aliphatic carbocycles. The van der Waals surface area contributed by atoms with Crippen molar-refractivity contribution >= 4 is 21.6 Å². The third-order valence-corrected chi connectivity index (χ3v) is 4.56. The minimum Gasteiger partial charge on any atom is -0.363 e. The molecule has 1 N–H and O–H groups in total. The van der Waals surface area contributed by atoms with Gasteiger partial charge in [0.25, 0.3) is 0 Å². The zero-order chi connectivity index (χ0) is 14.2. The van der Waals surface area contributed by atoms with Gasteiger partial charge in [-0.1, -0.05) is 6.92 Å². The van der Waals surface area contributed by atoms with Crippen LogP contribution in [0.4, 0.5) is 14.5 Å². The highest BCUT2D eigenvalue weighted by Gasteiger charge is 2.34. The van der Waals surface area contributed by atoms with Crippen LogP contribution in [0, 0.1) is 11.6 Å². The summed E-state index contributed by atoms with van der Waals surface area (Å²) in [5.74, 6) is -1.07. The lowest BCUT2D eigenvalue weighted by atomic mass is 9.93. The summed E-state index contributed by atoms with van der Waals surface area (Å²) < 4.78 is 27.6. The standard InChI is InChI=1S/C14H19BrF2N2/c1-4-14(3)8-19(9(2)7-18-14)13-5-10(15)11(16)6-12(13)17/h5-6,9,18H,4,7-8H2,1-3H3. The topological polar surface area (TPSA) is 15.3 Å². The number of halogens is 3. The van der Waals surface area contributed by atoms with Crippen LogP contribution in [0.2, 0.25) is 0 Å². The first kappa shape index (κ1) is 14.7. The molecule has 1 aromatic carbocycles. The van der Waals surface area contributed by atoms with Gasteiger partial charge in [0, 0.05) is 30.7 Å². The molecule has 106 valence electrons. The zero-order valence-corrected chi connectivity index (χ0v) is 13.0. The molecule has 2 atom stereocenters. The molecule has 2 unspecified atom stereocenters. The molecule has 1 aliphatic heterocycles. The van der Waals surface area contributed by atoms with Crippen LogP contribution >= 0.6 is 15.9 Å². The molecule has 0 aromatic heterocycles. The van der Waals surface area contributed by atoms with Gasteiger partial charge in [0.2, 0.25) is 0 Å². The van der Waals surface area contributed by atoms with Crippen molar-refractivity contribution in [3.63, 3.8) is 0 Å². The minimum atomic E-state index is -0.567. The van der Waals surface area contributed by atoms with E-state index in [1.165, 1.54) is 6.07 Å². The first-order chi connectivity index (χ1) is 8.86. The molecule has 19 heavy (non-hydrogen) atoms. The largest absolute Gasteiger partial charge is 0.363 e. The van der Waals surface area contributed by atoms with Gasteiger partial charge in [-0.15, -0.1) is 0 Å². The van der Waals surface area contributed by atoms with Gasteiger partial charge in [-0.3, -0.25) is 0 Å². The number of nitrogens with one attached hydrogen (secondary N) is 1.